The summed E-state index contributed by atoms with van der Waals surface area (Å²) in [6.45, 7) is 0. The van der Waals surface area contributed by atoms with E-state index in [-0.39, 0.29) is 16.3 Å². The molecule has 1 rings (SSSR count). The van der Waals surface area contributed by atoms with E-state index >= 15 is 0 Å². The van der Waals surface area contributed by atoms with Crippen LogP contribution in [0.1, 0.15) is 11.3 Å². The van der Waals surface area contributed by atoms with Crippen molar-refractivity contribution in [3.8, 4) is 6.07 Å². The lowest BCUT2D eigenvalue weighted by Crippen LogP contribution is -2.05. The number of halogens is 4. The average Bonchev–Trinajstić information content (AvgIpc) is 2.35. The number of alkyl halides is 3. The summed E-state index contributed by atoms with van der Waals surface area (Å²) in [6, 6.07) is 2.51. The predicted molar refractivity (Wildman–Crippen MR) is 63.3 cm³/mol. The molecule has 0 aliphatic carbocycles. The van der Waals surface area contributed by atoms with Gasteiger partial charge in [0.2, 0.25) is 0 Å². The van der Waals surface area contributed by atoms with Gasteiger partial charge < -0.3 is 4.84 Å². The number of rotatable bonds is 3. The van der Waals surface area contributed by atoms with E-state index in [0.717, 1.165) is 12.3 Å². The zero-order valence-electron chi connectivity index (χ0n) is 9.57. The van der Waals surface area contributed by atoms with E-state index in [1.807, 2.05) is 0 Å². The molecular weight excluding hydrogens is 283 g/mol. The van der Waals surface area contributed by atoms with Gasteiger partial charge in [-0.05, 0) is 12.1 Å². The van der Waals surface area contributed by atoms with Crippen LogP contribution in [0.3, 0.4) is 0 Å². The molecule has 1 aromatic rings. The molecule has 1 aromatic heterocycles. The van der Waals surface area contributed by atoms with Gasteiger partial charge in [0.15, 0.2) is 0 Å². The van der Waals surface area contributed by atoms with Gasteiger partial charge in [0.25, 0.3) is 0 Å². The Labute approximate surface area is 111 Å². The summed E-state index contributed by atoms with van der Waals surface area (Å²) in [5.74, 6) is 0. The average molecular weight is 290 g/mol. The topological polar surface area (TPSA) is 58.3 Å². The third-order valence-corrected chi connectivity index (χ3v) is 2.22. The van der Waals surface area contributed by atoms with Gasteiger partial charge in [-0.3, -0.25) is 4.98 Å². The Bertz CT molecular complexity index is 561. The number of pyridine rings is 1. The number of hydrogen-bond donors (Lipinski definition) is 0. The van der Waals surface area contributed by atoms with Crippen molar-refractivity contribution >= 4 is 23.9 Å². The molecule has 1 heterocycles. The summed E-state index contributed by atoms with van der Waals surface area (Å²) in [5, 5.41) is 11.9. The van der Waals surface area contributed by atoms with Crippen LogP contribution in [-0.2, 0) is 11.0 Å². The molecule has 0 N–H and O–H groups in total. The molecule has 0 amide bonds. The summed E-state index contributed by atoms with van der Waals surface area (Å²) < 4.78 is 37.2. The van der Waals surface area contributed by atoms with E-state index in [1.165, 1.54) is 13.2 Å². The second-order valence-electron chi connectivity index (χ2n) is 3.22. The minimum atomic E-state index is -4.52. The molecule has 0 atom stereocenters. The molecule has 0 saturated carbocycles. The highest BCUT2D eigenvalue weighted by Crippen LogP contribution is 2.31. The maximum absolute atomic E-state index is 12.4. The molecule has 8 heteroatoms. The number of hydrogen-bond acceptors (Lipinski definition) is 4. The summed E-state index contributed by atoms with van der Waals surface area (Å²) >= 11 is 5.68. The maximum Gasteiger partial charge on any atom is 0.417 e. The fourth-order valence-corrected chi connectivity index (χ4v) is 1.29. The highest BCUT2D eigenvalue weighted by molar-refractivity contribution is 6.32. The molecule has 0 aliphatic rings. The Kier molecular flexibility index (Phi) is 4.89. The zero-order valence-corrected chi connectivity index (χ0v) is 10.3. The normalized spacial score (nSPS) is 12.5. The smallest absolute Gasteiger partial charge is 0.399 e. The lowest BCUT2D eigenvalue weighted by molar-refractivity contribution is -0.137. The van der Waals surface area contributed by atoms with Gasteiger partial charge in [0.1, 0.15) is 13.2 Å². The van der Waals surface area contributed by atoms with E-state index in [2.05, 4.69) is 15.0 Å². The second kappa shape index (κ2) is 6.20. The van der Waals surface area contributed by atoms with Crippen molar-refractivity contribution in [1.29, 1.82) is 5.26 Å². The molecule has 0 saturated heterocycles. The van der Waals surface area contributed by atoms with Crippen molar-refractivity contribution in [2.75, 3.05) is 7.11 Å². The molecular formula is C11H7ClF3N3O. The predicted octanol–water partition coefficient (Wildman–Crippen LogP) is 3.29. The van der Waals surface area contributed by atoms with E-state index in [1.54, 1.807) is 6.07 Å². The Morgan fingerprint density at radius 2 is 2.26 bits per heavy atom. The van der Waals surface area contributed by atoms with E-state index in [0.29, 0.717) is 6.20 Å². The Morgan fingerprint density at radius 3 is 2.74 bits per heavy atom. The molecule has 0 bridgehead atoms. The number of nitriles is 1. The van der Waals surface area contributed by atoms with Crippen LogP contribution in [-0.4, -0.2) is 18.3 Å². The molecule has 0 spiro atoms. The van der Waals surface area contributed by atoms with Crippen LogP contribution >= 0.6 is 11.6 Å². The van der Waals surface area contributed by atoms with Crippen molar-refractivity contribution in [2.24, 2.45) is 5.16 Å². The largest absolute Gasteiger partial charge is 0.417 e. The zero-order chi connectivity index (χ0) is 14.5. The van der Waals surface area contributed by atoms with Crippen molar-refractivity contribution in [3.63, 3.8) is 0 Å². The molecule has 0 aromatic carbocycles. The minimum absolute atomic E-state index is 0.0359. The third-order valence-electron chi connectivity index (χ3n) is 1.92. The second-order valence-corrected chi connectivity index (χ2v) is 3.62. The Morgan fingerprint density at radius 1 is 1.58 bits per heavy atom. The number of oxime groups is 1. The highest BCUT2D eigenvalue weighted by atomic mass is 35.5. The van der Waals surface area contributed by atoms with Crippen LogP contribution < -0.4 is 0 Å². The highest BCUT2D eigenvalue weighted by Gasteiger charge is 2.31. The quantitative estimate of drug-likeness (QED) is 0.487. The monoisotopic (exact) mass is 289 g/mol. The van der Waals surface area contributed by atoms with Gasteiger partial charge in [-0.15, -0.1) is 0 Å². The molecule has 0 unspecified atom stereocenters. The third kappa shape index (κ3) is 4.26. The summed E-state index contributed by atoms with van der Waals surface area (Å²) in [7, 11) is 1.29. The SMILES string of the molecule is CO/N=C/C(C#N)=C/c1ncc(C(F)(F)F)cc1Cl. The molecule has 0 aliphatic heterocycles. The van der Waals surface area contributed by atoms with Crippen molar-refractivity contribution in [1.82, 2.24) is 4.98 Å². The summed E-state index contributed by atoms with van der Waals surface area (Å²) in [6.07, 6.45) is -1.59. The van der Waals surface area contributed by atoms with Crippen LogP contribution in [0.25, 0.3) is 6.08 Å². The van der Waals surface area contributed by atoms with Gasteiger partial charge >= 0.3 is 6.18 Å². The van der Waals surface area contributed by atoms with Crippen molar-refractivity contribution in [2.45, 2.75) is 6.18 Å². The molecule has 19 heavy (non-hydrogen) atoms. The van der Waals surface area contributed by atoms with E-state index in [9.17, 15) is 13.2 Å². The number of aromatic nitrogens is 1. The van der Waals surface area contributed by atoms with Gasteiger partial charge in [-0.1, -0.05) is 16.8 Å². The van der Waals surface area contributed by atoms with E-state index in [4.69, 9.17) is 16.9 Å². The molecule has 0 radical (unpaired) electrons. The van der Waals surface area contributed by atoms with Crippen LogP contribution in [0.15, 0.2) is 23.0 Å². The van der Waals surface area contributed by atoms with E-state index < -0.39 is 11.7 Å². The minimum Gasteiger partial charge on any atom is -0.399 e. The lowest BCUT2D eigenvalue weighted by Gasteiger charge is -2.07. The Hall–Kier alpha value is -2.07. The number of nitrogens with zero attached hydrogens (tertiary/aromatic N) is 3. The van der Waals surface area contributed by atoms with Crippen molar-refractivity contribution in [3.05, 3.63) is 34.1 Å². The van der Waals surface area contributed by atoms with Gasteiger partial charge in [0, 0.05) is 6.20 Å². The van der Waals surface area contributed by atoms with Crippen molar-refractivity contribution < 1.29 is 18.0 Å². The Balaban J connectivity index is 3.14. The van der Waals surface area contributed by atoms with Crippen LogP contribution in [0.2, 0.25) is 5.02 Å². The standard InChI is InChI=1S/C11H7ClF3N3O/c1-19-18-5-7(4-16)2-10-9(12)3-8(6-17-10)11(13,14)15/h2-3,5-6H,1H3/b7-2+,18-5+. The first-order chi connectivity index (χ1) is 8.88. The van der Waals surface area contributed by atoms with Gasteiger partial charge in [-0.2, -0.15) is 18.4 Å². The summed E-state index contributed by atoms with van der Waals surface area (Å²) in [5.41, 5.74) is -0.886. The first-order valence-corrected chi connectivity index (χ1v) is 5.17. The van der Waals surface area contributed by atoms with Crippen LogP contribution in [0.5, 0.6) is 0 Å². The molecule has 100 valence electrons. The fourth-order valence-electron chi connectivity index (χ4n) is 1.06. The maximum atomic E-state index is 12.4. The first kappa shape index (κ1) is 15.0. The fraction of sp³-hybridized carbons (Fsp3) is 0.182. The van der Waals surface area contributed by atoms with Crippen LogP contribution in [0, 0.1) is 11.3 Å². The van der Waals surface area contributed by atoms with Gasteiger partial charge in [0.05, 0.1) is 28.1 Å². The molecule has 0 fully saturated rings. The summed E-state index contributed by atoms with van der Waals surface area (Å²) in [4.78, 5) is 7.94. The molecule has 4 nitrogen and oxygen atoms in total. The first-order valence-electron chi connectivity index (χ1n) is 4.79. The lowest BCUT2D eigenvalue weighted by atomic mass is 10.2. The van der Waals surface area contributed by atoms with Crippen LogP contribution in [0.4, 0.5) is 13.2 Å². The van der Waals surface area contributed by atoms with Gasteiger partial charge in [-0.25, -0.2) is 0 Å². The number of allylic oxidation sites excluding steroid dienone is 1.